The third kappa shape index (κ3) is 3.05. The Balaban J connectivity index is 2.23. The molecule has 0 bridgehead atoms. The second kappa shape index (κ2) is 5.19. The number of hydrogen-bond acceptors (Lipinski definition) is 3. The van der Waals surface area contributed by atoms with Crippen molar-refractivity contribution in [3.05, 3.63) is 28.2 Å². The standard InChI is InChI=1S/C14H21BrN2O/c1-10(16)11-4-5-13(12(15)8-11)17-6-7-18-14(2,3)9-17/h4-5,8,10H,6-7,9,16H2,1-3H3. The van der Waals surface area contributed by atoms with Crippen LogP contribution in [0.15, 0.2) is 22.7 Å². The summed E-state index contributed by atoms with van der Waals surface area (Å²) in [5.41, 5.74) is 8.18. The predicted molar refractivity (Wildman–Crippen MR) is 79.0 cm³/mol. The lowest BCUT2D eigenvalue weighted by atomic mass is 10.1. The maximum atomic E-state index is 5.90. The number of nitrogens with two attached hydrogens (primary N) is 1. The highest BCUT2D eigenvalue weighted by atomic mass is 79.9. The van der Waals surface area contributed by atoms with E-state index in [4.69, 9.17) is 10.5 Å². The van der Waals surface area contributed by atoms with E-state index >= 15 is 0 Å². The lowest BCUT2D eigenvalue weighted by molar-refractivity contribution is -0.0277. The van der Waals surface area contributed by atoms with Crippen LogP contribution >= 0.6 is 15.9 Å². The van der Waals surface area contributed by atoms with E-state index in [2.05, 4.69) is 52.9 Å². The van der Waals surface area contributed by atoms with Crippen molar-refractivity contribution in [3.8, 4) is 0 Å². The molecule has 0 radical (unpaired) electrons. The molecule has 2 N–H and O–H groups in total. The fourth-order valence-corrected chi connectivity index (χ4v) is 2.93. The van der Waals surface area contributed by atoms with Gasteiger partial charge in [-0.2, -0.15) is 0 Å². The van der Waals surface area contributed by atoms with E-state index in [0.29, 0.717) is 0 Å². The van der Waals surface area contributed by atoms with Crippen molar-refractivity contribution in [1.29, 1.82) is 0 Å². The molecule has 18 heavy (non-hydrogen) atoms. The van der Waals surface area contributed by atoms with Crippen LogP contribution < -0.4 is 10.6 Å². The molecular formula is C14H21BrN2O. The molecule has 1 saturated heterocycles. The van der Waals surface area contributed by atoms with Crippen LogP contribution in [0.5, 0.6) is 0 Å². The fraction of sp³-hybridized carbons (Fsp3) is 0.571. The molecule has 4 heteroatoms. The maximum Gasteiger partial charge on any atom is 0.0801 e. The monoisotopic (exact) mass is 312 g/mol. The van der Waals surface area contributed by atoms with Crippen molar-refractivity contribution in [1.82, 2.24) is 0 Å². The van der Waals surface area contributed by atoms with Gasteiger partial charge in [-0.3, -0.25) is 0 Å². The Morgan fingerprint density at radius 1 is 1.44 bits per heavy atom. The summed E-state index contributed by atoms with van der Waals surface area (Å²) in [5, 5.41) is 0. The van der Waals surface area contributed by atoms with Gasteiger partial charge in [-0.1, -0.05) is 6.07 Å². The van der Waals surface area contributed by atoms with Gasteiger partial charge in [-0.15, -0.1) is 0 Å². The molecule has 0 saturated carbocycles. The van der Waals surface area contributed by atoms with Gasteiger partial charge in [0.05, 0.1) is 17.9 Å². The van der Waals surface area contributed by atoms with E-state index in [1.165, 1.54) is 5.69 Å². The highest BCUT2D eigenvalue weighted by Gasteiger charge is 2.28. The van der Waals surface area contributed by atoms with Crippen molar-refractivity contribution < 1.29 is 4.74 Å². The molecule has 1 fully saturated rings. The minimum Gasteiger partial charge on any atom is -0.372 e. The van der Waals surface area contributed by atoms with Crippen LogP contribution in [0.4, 0.5) is 5.69 Å². The number of ether oxygens (including phenoxy) is 1. The summed E-state index contributed by atoms with van der Waals surface area (Å²) in [6, 6.07) is 6.43. The molecule has 3 nitrogen and oxygen atoms in total. The van der Waals surface area contributed by atoms with Gasteiger partial charge in [0.15, 0.2) is 0 Å². The van der Waals surface area contributed by atoms with Gasteiger partial charge in [0.25, 0.3) is 0 Å². The average molecular weight is 313 g/mol. The van der Waals surface area contributed by atoms with Crippen LogP contribution in [0.1, 0.15) is 32.4 Å². The quantitative estimate of drug-likeness (QED) is 0.912. The predicted octanol–water partition coefficient (Wildman–Crippen LogP) is 3.08. The van der Waals surface area contributed by atoms with E-state index in [9.17, 15) is 0 Å². The van der Waals surface area contributed by atoms with Gasteiger partial charge < -0.3 is 15.4 Å². The van der Waals surface area contributed by atoms with Gasteiger partial charge in [-0.25, -0.2) is 0 Å². The largest absolute Gasteiger partial charge is 0.372 e. The molecule has 1 aliphatic rings. The van der Waals surface area contributed by atoms with Crippen LogP contribution in [0, 0.1) is 0 Å². The van der Waals surface area contributed by atoms with Crippen molar-refractivity contribution >= 4 is 21.6 Å². The van der Waals surface area contributed by atoms with Crippen LogP contribution in [0.3, 0.4) is 0 Å². The second-order valence-electron chi connectivity index (χ2n) is 5.53. The minimum absolute atomic E-state index is 0.0662. The number of benzene rings is 1. The molecule has 0 aliphatic carbocycles. The van der Waals surface area contributed by atoms with Crippen molar-refractivity contribution in [3.63, 3.8) is 0 Å². The van der Waals surface area contributed by atoms with E-state index in [1.807, 2.05) is 6.92 Å². The Kier molecular flexibility index (Phi) is 3.99. The normalized spacial score (nSPS) is 20.8. The summed E-state index contributed by atoms with van der Waals surface area (Å²) in [7, 11) is 0. The third-order valence-electron chi connectivity index (χ3n) is 3.26. The Labute approximate surface area is 117 Å². The Morgan fingerprint density at radius 2 is 2.17 bits per heavy atom. The SMILES string of the molecule is CC(N)c1ccc(N2CCOC(C)(C)C2)c(Br)c1. The fourth-order valence-electron chi connectivity index (χ4n) is 2.28. The maximum absolute atomic E-state index is 5.90. The lowest BCUT2D eigenvalue weighted by Crippen LogP contribution is -2.48. The molecule has 0 aromatic heterocycles. The zero-order valence-corrected chi connectivity index (χ0v) is 12.8. The van der Waals surface area contributed by atoms with E-state index in [1.54, 1.807) is 0 Å². The molecule has 1 heterocycles. The first-order valence-corrected chi connectivity index (χ1v) is 7.12. The number of morpholine rings is 1. The first-order chi connectivity index (χ1) is 8.39. The highest BCUT2D eigenvalue weighted by Crippen LogP contribution is 2.31. The van der Waals surface area contributed by atoms with E-state index < -0.39 is 0 Å². The minimum atomic E-state index is -0.0858. The van der Waals surface area contributed by atoms with Crippen LogP contribution in [-0.4, -0.2) is 25.3 Å². The number of halogens is 1. The average Bonchev–Trinajstić information content (AvgIpc) is 2.27. The number of rotatable bonds is 2. The molecule has 1 unspecified atom stereocenters. The zero-order valence-electron chi connectivity index (χ0n) is 11.2. The van der Waals surface area contributed by atoms with E-state index in [-0.39, 0.29) is 11.6 Å². The topological polar surface area (TPSA) is 38.5 Å². The summed E-state index contributed by atoms with van der Waals surface area (Å²) in [6.07, 6.45) is 0. The number of nitrogens with zero attached hydrogens (tertiary/aromatic N) is 1. The molecule has 0 amide bonds. The molecule has 2 rings (SSSR count). The van der Waals surface area contributed by atoms with Gasteiger partial charge in [-0.05, 0) is 54.4 Å². The smallest absolute Gasteiger partial charge is 0.0801 e. The molecular weight excluding hydrogens is 292 g/mol. The summed E-state index contributed by atoms with van der Waals surface area (Å²) in [4.78, 5) is 2.36. The molecule has 1 aromatic rings. The van der Waals surface area contributed by atoms with Crippen LogP contribution in [0.2, 0.25) is 0 Å². The second-order valence-corrected chi connectivity index (χ2v) is 6.38. The third-order valence-corrected chi connectivity index (χ3v) is 3.90. The highest BCUT2D eigenvalue weighted by molar-refractivity contribution is 9.10. The Hall–Kier alpha value is -0.580. The number of anilines is 1. The molecule has 1 atom stereocenters. The zero-order chi connectivity index (χ0) is 13.3. The molecule has 100 valence electrons. The van der Waals surface area contributed by atoms with Gasteiger partial charge >= 0.3 is 0 Å². The summed E-state index contributed by atoms with van der Waals surface area (Å²) in [5.74, 6) is 0. The Bertz CT molecular complexity index is 432. The van der Waals surface area contributed by atoms with E-state index in [0.717, 1.165) is 29.7 Å². The molecule has 0 spiro atoms. The van der Waals surface area contributed by atoms with Gasteiger partial charge in [0, 0.05) is 23.6 Å². The van der Waals surface area contributed by atoms with Crippen molar-refractivity contribution in [2.45, 2.75) is 32.4 Å². The van der Waals surface area contributed by atoms with Crippen molar-refractivity contribution in [2.75, 3.05) is 24.6 Å². The molecule has 1 aromatic carbocycles. The summed E-state index contributed by atoms with van der Waals surface area (Å²) < 4.78 is 6.85. The first kappa shape index (κ1) is 13.8. The van der Waals surface area contributed by atoms with Crippen molar-refractivity contribution in [2.24, 2.45) is 5.73 Å². The number of hydrogen-bond donors (Lipinski definition) is 1. The lowest BCUT2D eigenvalue weighted by Gasteiger charge is -2.40. The van der Waals surface area contributed by atoms with Crippen LogP contribution in [0.25, 0.3) is 0 Å². The first-order valence-electron chi connectivity index (χ1n) is 6.33. The summed E-state index contributed by atoms with van der Waals surface area (Å²) >= 11 is 3.65. The Morgan fingerprint density at radius 3 is 2.72 bits per heavy atom. The van der Waals surface area contributed by atoms with Gasteiger partial charge in [0.2, 0.25) is 0 Å². The molecule has 1 aliphatic heterocycles. The summed E-state index contributed by atoms with van der Waals surface area (Å²) in [6.45, 7) is 8.86. The van der Waals surface area contributed by atoms with Crippen LogP contribution in [-0.2, 0) is 4.74 Å². The van der Waals surface area contributed by atoms with Gasteiger partial charge in [0.1, 0.15) is 0 Å².